The molecule has 0 amide bonds. The van der Waals surface area contributed by atoms with Crippen molar-refractivity contribution >= 4 is 22.6 Å². The van der Waals surface area contributed by atoms with Crippen molar-refractivity contribution in [2.75, 3.05) is 0 Å². The number of ether oxygens (including phenoxy) is 1. The second kappa shape index (κ2) is 6.38. The summed E-state index contributed by atoms with van der Waals surface area (Å²) in [6.07, 6.45) is 1.70. The number of nitrogens with one attached hydrogen (secondary N) is 1. The lowest BCUT2D eigenvalue weighted by Crippen LogP contribution is -1.94. The maximum absolute atomic E-state index is 6.20. The van der Waals surface area contributed by atoms with Crippen LogP contribution in [0.2, 0.25) is 5.02 Å². The molecule has 24 heavy (non-hydrogen) atoms. The number of aromatic nitrogens is 2. The molecule has 0 bridgehead atoms. The van der Waals surface area contributed by atoms with E-state index in [1.165, 1.54) is 0 Å². The van der Waals surface area contributed by atoms with Crippen LogP contribution in [0, 0.1) is 0 Å². The number of nitrogens with zero attached hydrogens (tertiary/aromatic N) is 1. The van der Waals surface area contributed by atoms with Gasteiger partial charge >= 0.3 is 0 Å². The third-order valence-electron chi connectivity index (χ3n) is 3.89. The zero-order valence-electron chi connectivity index (χ0n) is 12.9. The molecule has 0 saturated heterocycles. The van der Waals surface area contributed by atoms with E-state index in [0.29, 0.717) is 11.6 Å². The van der Waals surface area contributed by atoms with Gasteiger partial charge in [0.15, 0.2) is 0 Å². The number of rotatable bonds is 4. The molecule has 0 saturated carbocycles. The highest BCUT2D eigenvalue weighted by atomic mass is 35.5. The fraction of sp³-hybridized carbons (Fsp3) is 0.0500. The SMILES string of the molecule is Clc1ccnc2[nH]c(-c3ccc(OCc4ccccc4)cc3)cc12. The molecule has 1 N–H and O–H groups in total. The van der Waals surface area contributed by atoms with E-state index in [0.717, 1.165) is 33.6 Å². The van der Waals surface area contributed by atoms with E-state index in [1.54, 1.807) is 12.3 Å². The van der Waals surface area contributed by atoms with Crippen LogP contribution in [-0.2, 0) is 6.61 Å². The van der Waals surface area contributed by atoms with E-state index < -0.39 is 0 Å². The van der Waals surface area contributed by atoms with Gasteiger partial charge in [-0.2, -0.15) is 0 Å². The summed E-state index contributed by atoms with van der Waals surface area (Å²) < 4.78 is 5.82. The fourth-order valence-corrected chi connectivity index (χ4v) is 2.82. The number of hydrogen-bond donors (Lipinski definition) is 1. The Kier molecular flexibility index (Phi) is 3.93. The molecule has 3 nitrogen and oxygen atoms in total. The van der Waals surface area contributed by atoms with Crippen LogP contribution in [-0.4, -0.2) is 9.97 Å². The molecule has 4 heteroatoms. The third-order valence-corrected chi connectivity index (χ3v) is 4.22. The lowest BCUT2D eigenvalue weighted by molar-refractivity contribution is 0.306. The van der Waals surface area contributed by atoms with E-state index in [2.05, 4.69) is 22.1 Å². The molecule has 2 heterocycles. The first kappa shape index (κ1) is 14.8. The second-order valence-electron chi connectivity index (χ2n) is 5.54. The van der Waals surface area contributed by atoms with Gasteiger partial charge < -0.3 is 9.72 Å². The first-order valence-electron chi connectivity index (χ1n) is 7.70. The Morgan fingerprint density at radius 1 is 0.958 bits per heavy atom. The van der Waals surface area contributed by atoms with E-state index in [4.69, 9.17) is 16.3 Å². The first-order chi connectivity index (χ1) is 11.8. The Morgan fingerprint density at radius 2 is 1.75 bits per heavy atom. The molecule has 0 radical (unpaired) electrons. The van der Waals surface area contributed by atoms with Crippen molar-refractivity contribution in [3.63, 3.8) is 0 Å². The topological polar surface area (TPSA) is 37.9 Å². The summed E-state index contributed by atoms with van der Waals surface area (Å²) in [4.78, 5) is 7.60. The molecule has 0 unspecified atom stereocenters. The summed E-state index contributed by atoms with van der Waals surface area (Å²) in [5.74, 6) is 0.842. The van der Waals surface area contributed by atoms with Gasteiger partial charge in [0.1, 0.15) is 18.0 Å². The van der Waals surface area contributed by atoms with Gasteiger partial charge in [0.25, 0.3) is 0 Å². The predicted octanol–water partition coefficient (Wildman–Crippen LogP) is 5.46. The average molecular weight is 335 g/mol. The van der Waals surface area contributed by atoms with Crippen LogP contribution >= 0.6 is 11.6 Å². The summed E-state index contributed by atoms with van der Waals surface area (Å²) in [6, 6.07) is 21.9. The van der Waals surface area contributed by atoms with Crippen molar-refractivity contribution in [1.29, 1.82) is 0 Å². The van der Waals surface area contributed by atoms with Gasteiger partial charge in [-0.25, -0.2) is 4.98 Å². The van der Waals surface area contributed by atoms with Gasteiger partial charge in [0.2, 0.25) is 0 Å². The van der Waals surface area contributed by atoms with Crippen LogP contribution in [0.5, 0.6) is 5.75 Å². The van der Waals surface area contributed by atoms with Crippen LogP contribution in [0.4, 0.5) is 0 Å². The molecule has 0 fully saturated rings. The van der Waals surface area contributed by atoms with Crippen LogP contribution < -0.4 is 4.74 Å². The summed E-state index contributed by atoms with van der Waals surface area (Å²) in [5, 5.41) is 1.63. The lowest BCUT2D eigenvalue weighted by Gasteiger charge is -2.07. The van der Waals surface area contributed by atoms with Gasteiger partial charge in [0, 0.05) is 17.3 Å². The molecule has 0 aliphatic carbocycles. The minimum Gasteiger partial charge on any atom is -0.489 e. The number of benzene rings is 2. The largest absolute Gasteiger partial charge is 0.489 e. The van der Waals surface area contributed by atoms with Crippen molar-refractivity contribution in [1.82, 2.24) is 9.97 Å². The Balaban J connectivity index is 1.53. The summed E-state index contributed by atoms with van der Waals surface area (Å²) >= 11 is 6.20. The van der Waals surface area contributed by atoms with Crippen molar-refractivity contribution < 1.29 is 4.74 Å². The molecule has 0 aliphatic rings. The van der Waals surface area contributed by atoms with Crippen molar-refractivity contribution in [2.24, 2.45) is 0 Å². The van der Waals surface area contributed by atoms with Crippen LogP contribution in [0.25, 0.3) is 22.3 Å². The third kappa shape index (κ3) is 2.99. The van der Waals surface area contributed by atoms with Gasteiger partial charge in [-0.05, 0) is 47.5 Å². The fourth-order valence-electron chi connectivity index (χ4n) is 2.62. The highest BCUT2D eigenvalue weighted by Gasteiger charge is 2.07. The molecular formula is C20H15ClN2O. The number of H-pyrrole nitrogens is 1. The maximum atomic E-state index is 6.20. The average Bonchev–Trinajstić information content (AvgIpc) is 3.07. The Labute approximate surface area is 144 Å². The van der Waals surface area contributed by atoms with Crippen LogP contribution in [0.15, 0.2) is 72.9 Å². The quantitative estimate of drug-likeness (QED) is 0.538. The minimum atomic E-state index is 0.562. The Morgan fingerprint density at radius 3 is 2.50 bits per heavy atom. The summed E-state index contributed by atoms with van der Waals surface area (Å²) in [7, 11) is 0. The van der Waals surface area contributed by atoms with E-state index in [1.807, 2.05) is 48.5 Å². The van der Waals surface area contributed by atoms with Gasteiger partial charge in [0.05, 0.1) is 5.02 Å². The van der Waals surface area contributed by atoms with Gasteiger partial charge in [-0.15, -0.1) is 0 Å². The zero-order valence-corrected chi connectivity index (χ0v) is 13.6. The van der Waals surface area contributed by atoms with E-state index in [-0.39, 0.29) is 0 Å². The molecule has 4 rings (SSSR count). The molecule has 0 aliphatic heterocycles. The first-order valence-corrected chi connectivity index (χ1v) is 8.08. The summed E-state index contributed by atoms with van der Waals surface area (Å²) in [5.41, 5.74) is 4.00. The molecule has 0 spiro atoms. The van der Waals surface area contributed by atoms with Crippen LogP contribution in [0.1, 0.15) is 5.56 Å². The lowest BCUT2D eigenvalue weighted by atomic mass is 10.1. The highest BCUT2D eigenvalue weighted by Crippen LogP contribution is 2.28. The molecule has 4 aromatic rings. The van der Waals surface area contributed by atoms with E-state index in [9.17, 15) is 0 Å². The smallest absolute Gasteiger partial charge is 0.139 e. The Bertz CT molecular complexity index is 962. The van der Waals surface area contributed by atoms with Crippen molar-refractivity contribution in [3.8, 4) is 17.0 Å². The van der Waals surface area contributed by atoms with Gasteiger partial charge in [-0.1, -0.05) is 41.9 Å². The molecular weight excluding hydrogens is 320 g/mol. The number of pyridine rings is 1. The Hall–Kier alpha value is -2.78. The van der Waals surface area contributed by atoms with Crippen LogP contribution in [0.3, 0.4) is 0 Å². The van der Waals surface area contributed by atoms with Crippen molar-refractivity contribution in [2.45, 2.75) is 6.61 Å². The molecule has 118 valence electrons. The zero-order chi connectivity index (χ0) is 16.4. The van der Waals surface area contributed by atoms with Gasteiger partial charge in [-0.3, -0.25) is 0 Å². The molecule has 2 aromatic carbocycles. The normalized spacial score (nSPS) is 10.9. The minimum absolute atomic E-state index is 0.562. The highest BCUT2D eigenvalue weighted by molar-refractivity contribution is 6.35. The number of fused-ring (bicyclic) bond motifs is 1. The predicted molar refractivity (Wildman–Crippen MR) is 97.3 cm³/mol. The number of halogens is 1. The monoisotopic (exact) mass is 334 g/mol. The maximum Gasteiger partial charge on any atom is 0.139 e. The molecule has 2 aromatic heterocycles. The standard InChI is InChI=1S/C20H15ClN2O/c21-18-10-11-22-20-17(18)12-19(23-20)15-6-8-16(9-7-15)24-13-14-4-2-1-3-5-14/h1-12H,13H2,(H,22,23). The van der Waals surface area contributed by atoms with E-state index >= 15 is 0 Å². The summed E-state index contributed by atoms with van der Waals surface area (Å²) in [6.45, 7) is 0.562. The van der Waals surface area contributed by atoms with Crippen molar-refractivity contribution in [3.05, 3.63) is 83.5 Å². The second-order valence-corrected chi connectivity index (χ2v) is 5.94. The molecule has 0 atom stereocenters. The number of hydrogen-bond acceptors (Lipinski definition) is 2. The number of aromatic amines is 1.